The number of halogens is 1. The summed E-state index contributed by atoms with van der Waals surface area (Å²) in [6, 6.07) is 4.63. The molecule has 22 heavy (non-hydrogen) atoms. The fraction of sp³-hybridized carbons (Fsp3) is 0.267. The van der Waals surface area contributed by atoms with E-state index in [-0.39, 0.29) is 33.3 Å². The Morgan fingerprint density at radius 2 is 2.09 bits per heavy atom. The van der Waals surface area contributed by atoms with Crippen LogP contribution in [-0.4, -0.2) is 24.2 Å². The highest BCUT2D eigenvalue weighted by Gasteiger charge is 2.19. The third kappa shape index (κ3) is 2.96. The van der Waals surface area contributed by atoms with Gasteiger partial charge in [-0.25, -0.2) is 0 Å². The molecule has 2 amide bonds. The molecule has 116 valence electrons. The Labute approximate surface area is 131 Å². The first kappa shape index (κ1) is 16.0. The number of primary amides is 1. The van der Waals surface area contributed by atoms with E-state index in [2.05, 4.69) is 5.32 Å². The minimum atomic E-state index is -0.853. The molecule has 0 aliphatic heterocycles. The van der Waals surface area contributed by atoms with Crippen LogP contribution in [0.25, 0.3) is 11.0 Å². The molecule has 0 saturated carbocycles. The van der Waals surface area contributed by atoms with E-state index >= 15 is 0 Å². The van der Waals surface area contributed by atoms with Gasteiger partial charge in [-0.05, 0) is 25.5 Å². The van der Waals surface area contributed by atoms with Gasteiger partial charge in [0.25, 0.3) is 11.8 Å². The van der Waals surface area contributed by atoms with Crippen molar-refractivity contribution in [1.82, 2.24) is 5.32 Å². The second-order valence-electron chi connectivity index (χ2n) is 4.73. The molecule has 0 unspecified atom stereocenters. The van der Waals surface area contributed by atoms with Crippen molar-refractivity contribution in [1.29, 1.82) is 0 Å². The van der Waals surface area contributed by atoms with Crippen LogP contribution < -0.4 is 16.5 Å². The molecule has 1 heterocycles. The van der Waals surface area contributed by atoms with E-state index in [0.717, 1.165) is 0 Å². The second-order valence-corrected chi connectivity index (χ2v) is 5.11. The SMILES string of the molecule is Cc1c(C(N)=O)oc2c(C(=O)NCCCCl)cccc2c1=O. The average molecular weight is 323 g/mol. The van der Waals surface area contributed by atoms with E-state index in [1.165, 1.54) is 19.1 Å². The number of nitrogens with one attached hydrogen (secondary N) is 1. The summed E-state index contributed by atoms with van der Waals surface area (Å²) in [4.78, 5) is 35.8. The second kappa shape index (κ2) is 6.62. The van der Waals surface area contributed by atoms with Crippen LogP contribution in [0.5, 0.6) is 0 Å². The van der Waals surface area contributed by atoms with Crippen molar-refractivity contribution in [2.24, 2.45) is 5.73 Å². The van der Waals surface area contributed by atoms with Crippen LogP contribution in [-0.2, 0) is 0 Å². The number of hydrogen-bond acceptors (Lipinski definition) is 4. The van der Waals surface area contributed by atoms with Crippen molar-refractivity contribution in [3.05, 3.63) is 45.3 Å². The predicted octanol–water partition coefficient (Wildman–Crippen LogP) is 1.56. The number of para-hydroxylation sites is 1. The van der Waals surface area contributed by atoms with Gasteiger partial charge in [-0.1, -0.05) is 6.07 Å². The Hall–Kier alpha value is -2.34. The van der Waals surface area contributed by atoms with Gasteiger partial charge in [0.05, 0.1) is 10.9 Å². The number of alkyl halides is 1. The number of carbonyl (C=O) groups excluding carboxylic acids is 2. The van der Waals surface area contributed by atoms with E-state index < -0.39 is 11.8 Å². The molecule has 6 nitrogen and oxygen atoms in total. The molecule has 0 bridgehead atoms. The molecule has 0 aliphatic carbocycles. The minimum absolute atomic E-state index is 0.0512. The number of hydrogen-bond donors (Lipinski definition) is 2. The zero-order chi connectivity index (χ0) is 16.3. The maximum Gasteiger partial charge on any atom is 0.284 e. The molecule has 0 atom stereocenters. The van der Waals surface area contributed by atoms with Crippen LogP contribution in [0.15, 0.2) is 27.4 Å². The Bertz CT molecular complexity index is 798. The topological polar surface area (TPSA) is 102 Å². The largest absolute Gasteiger partial charge is 0.450 e. The first-order chi connectivity index (χ1) is 10.5. The van der Waals surface area contributed by atoms with Gasteiger partial charge in [0.15, 0.2) is 16.8 Å². The van der Waals surface area contributed by atoms with Crippen LogP contribution in [0.2, 0.25) is 0 Å². The third-order valence-corrected chi connectivity index (χ3v) is 3.48. The first-order valence-electron chi connectivity index (χ1n) is 6.67. The van der Waals surface area contributed by atoms with Gasteiger partial charge in [0.1, 0.15) is 0 Å². The summed E-state index contributed by atoms with van der Waals surface area (Å²) in [7, 11) is 0. The van der Waals surface area contributed by atoms with Crippen molar-refractivity contribution in [2.75, 3.05) is 12.4 Å². The summed E-state index contributed by atoms with van der Waals surface area (Å²) in [5.74, 6) is -1.07. The Balaban J connectivity index is 2.59. The third-order valence-electron chi connectivity index (χ3n) is 3.21. The zero-order valence-electron chi connectivity index (χ0n) is 11.9. The lowest BCUT2D eigenvalue weighted by atomic mass is 10.1. The summed E-state index contributed by atoms with van der Waals surface area (Å²) in [6.07, 6.45) is 0.619. The van der Waals surface area contributed by atoms with Gasteiger partial charge >= 0.3 is 0 Å². The van der Waals surface area contributed by atoms with Crippen molar-refractivity contribution < 1.29 is 14.0 Å². The number of amides is 2. The fourth-order valence-corrected chi connectivity index (χ4v) is 2.22. The molecular formula is C15H15ClN2O4. The lowest BCUT2D eigenvalue weighted by Crippen LogP contribution is -2.26. The Kier molecular flexibility index (Phi) is 4.82. The molecule has 2 rings (SSSR count). The maximum atomic E-state index is 12.3. The molecule has 0 saturated heterocycles. The Morgan fingerprint density at radius 1 is 1.36 bits per heavy atom. The van der Waals surface area contributed by atoms with Gasteiger partial charge in [-0.3, -0.25) is 14.4 Å². The van der Waals surface area contributed by atoms with Crippen molar-refractivity contribution >= 4 is 34.4 Å². The highest BCUT2D eigenvalue weighted by Crippen LogP contribution is 2.19. The monoisotopic (exact) mass is 322 g/mol. The van der Waals surface area contributed by atoms with E-state index in [9.17, 15) is 14.4 Å². The van der Waals surface area contributed by atoms with E-state index in [0.29, 0.717) is 18.8 Å². The highest BCUT2D eigenvalue weighted by molar-refractivity contribution is 6.17. The highest BCUT2D eigenvalue weighted by atomic mass is 35.5. The lowest BCUT2D eigenvalue weighted by Gasteiger charge is -2.08. The number of carbonyl (C=O) groups is 2. The number of nitrogens with two attached hydrogens (primary N) is 1. The first-order valence-corrected chi connectivity index (χ1v) is 7.21. The standard InChI is InChI=1S/C15H15ClN2O4/c1-8-11(19)9-4-2-5-10(15(21)18-7-3-6-16)13(9)22-12(8)14(17)20/h2,4-5H,3,6-7H2,1H3,(H2,17,20)(H,18,21). The van der Waals surface area contributed by atoms with Crippen LogP contribution in [0.4, 0.5) is 0 Å². The quantitative estimate of drug-likeness (QED) is 0.644. The number of benzene rings is 1. The average Bonchev–Trinajstić information content (AvgIpc) is 2.50. The fourth-order valence-electron chi connectivity index (χ4n) is 2.09. The number of rotatable bonds is 5. The Morgan fingerprint density at radius 3 is 2.73 bits per heavy atom. The molecule has 0 aliphatic rings. The molecule has 0 spiro atoms. The van der Waals surface area contributed by atoms with Crippen molar-refractivity contribution in [3.63, 3.8) is 0 Å². The van der Waals surface area contributed by atoms with Crippen molar-refractivity contribution in [2.45, 2.75) is 13.3 Å². The van der Waals surface area contributed by atoms with Crippen molar-refractivity contribution in [3.8, 4) is 0 Å². The van der Waals surface area contributed by atoms with Crippen LogP contribution in [0, 0.1) is 6.92 Å². The summed E-state index contributed by atoms with van der Waals surface area (Å²) in [5.41, 5.74) is 5.18. The maximum absolute atomic E-state index is 12.3. The van der Waals surface area contributed by atoms with Crippen LogP contribution >= 0.6 is 11.6 Å². The smallest absolute Gasteiger partial charge is 0.284 e. The van der Waals surface area contributed by atoms with Gasteiger partial charge in [-0.2, -0.15) is 0 Å². The van der Waals surface area contributed by atoms with Gasteiger partial charge in [-0.15, -0.1) is 11.6 Å². The normalized spacial score (nSPS) is 10.6. The molecule has 3 N–H and O–H groups in total. The molecule has 2 aromatic rings. The van der Waals surface area contributed by atoms with Gasteiger partial charge in [0.2, 0.25) is 0 Å². The molecule has 1 aromatic heterocycles. The van der Waals surface area contributed by atoms with E-state index in [1.54, 1.807) is 6.07 Å². The van der Waals surface area contributed by atoms with Gasteiger partial charge < -0.3 is 15.5 Å². The molecule has 7 heteroatoms. The number of fused-ring (bicyclic) bond motifs is 1. The molecule has 0 fully saturated rings. The van der Waals surface area contributed by atoms with Crippen LogP contribution in [0.3, 0.4) is 0 Å². The van der Waals surface area contributed by atoms with E-state index in [1.807, 2.05) is 0 Å². The summed E-state index contributed by atoms with van der Waals surface area (Å²) < 4.78 is 5.43. The molecule has 1 aromatic carbocycles. The van der Waals surface area contributed by atoms with E-state index in [4.69, 9.17) is 21.8 Å². The lowest BCUT2D eigenvalue weighted by molar-refractivity contribution is 0.0946. The minimum Gasteiger partial charge on any atom is -0.450 e. The summed E-state index contributed by atoms with van der Waals surface area (Å²) in [5, 5.41) is 2.90. The van der Waals surface area contributed by atoms with Gasteiger partial charge in [0, 0.05) is 18.0 Å². The summed E-state index contributed by atoms with van der Waals surface area (Å²) in [6.45, 7) is 1.86. The predicted molar refractivity (Wildman–Crippen MR) is 83.4 cm³/mol. The molecular weight excluding hydrogens is 308 g/mol. The molecule has 0 radical (unpaired) electrons. The summed E-state index contributed by atoms with van der Waals surface area (Å²) >= 11 is 5.56. The zero-order valence-corrected chi connectivity index (χ0v) is 12.7. The van der Waals surface area contributed by atoms with Crippen LogP contribution in [0.1, 0.15) is 32.9 Å².